The van der Waals surface area contributed by atoms with Gasteiger partial charge in [-0.05, 0) is 39.0 Å². The molecule has 0 spiro atoms. The molecule has 3 fully saturated rings. The van der Waals surface area contributed by atoms with E-state index in [0.717, 1.165) is 51.4 Å². The molecule has 0 saturated carbocycles. The molecule has 50 heavy (non-hydrogen) atoms. The van der Waals surface area contributed by atoms with Crippen molar-refractivity contribution in [2.75, 3.05) is 52.9 Å². The van der Waals surface area contributed by atoms with Crippen molar-refractivity contribution in [2.24, 2.45) is 0 Å². The summed E-state index contributed by atoms with van der Waals surface area (Å²) >= 11 is 0. The van der Waals surface area contributed by atoms with E-state index in [2.05, 4.69) is 34.3 Å². The van der Waals surface area contributed by atoms with Crippen molar-refractivity contribution in [3.05, 3.63) is 12.7 Å². The Bertz CT molecular complexity index is 882. The Morgan fingerprint density at radius 1 is 0.680 bits per heavy atom. The van der Waals surface area contributed by atoms with Crippen LogP contribution in [0.3, 0.4) is 0 Å². The van der Waals surface area contributed by atoms with Crippen molar-refractivity contribution in [2.45, 2.75) is 172 Å². The Kier molecular flexibility index (Phi) is 21.4. The molecule has 294 valence electrons. The highest BCUT2D eigenvalue weighted by atomic mass is 16.8. The van der Waals surface area contributed by atoms with Gasteiger partial charge in [0.25, 0.3) is 0 Å². The summed E-state index contributed by atoms with van der Waals surface area (Å²) < 4.78 is 63.3. The molecule has 3 aliphatic rings. The lowest BCUT2D eigenvalue weighted by molar-refractivity contribution is -0.361. The summed E-state index contributed by atoms with van der Waals surface area (Å²) in [6, 6.07) is 0. The van der Waals surface area contributed by atoms with Crippen molar-refractivity contribution >= 4 is 0 Å². The minimum Gasteiger partial charge on any atom is -0.394 e. The van der Waals surface area contributed by atoms with Gasteiger partial charge in [-0.25, -0.2) is 0 Å². The van der Waals surface area contributed by atoms with E-state index in [1.165, 1.54) is 6.08 Å². The normalized spacial score (nSPS) is 36.4. The molecule has 0 radical (unpaired) electrons. The summed E-state index contributed by atoms with van der Waals surface area (Å²) in [5.41, 5.74) is 0. The summed E-state index contributed by atoms with van der Waals surface area (Å²) in [6.45, 7) is 16.5. The van der Waals surface area contributed by atoms with E-state index in [9.17, 15) is 15.3 Å². The monoisotopic (exact) mass is 720 g/mol. The number of aliphatic hydroxyl groups excluding tert-OH is 3. The molecule has 0 aliphatic carbocycles. The van der Waals surface area contributed by atoms with Crippen LogP contribution in [0.25, 0.3) is 0 Å². The van der Waals surface area contributed by atoms with Gasteiger partial charge in [0.05, 0.1) is 32.0 Å². The Hall–Kier alpha value is -0.780. The highest BCUT2D eigenvalue weighted by Gasteiger charge is 2.52. The maximum atomic E-state index is 11.3. The second kappa shape index (κ2) is 24.5. The summed E-state index contributed by atoms with van der Waals surface area (Å²) in [4.78, 5) is 0. The number of hydrogen-bond acceptors (Lipinski definition) is 13. The second-order valence-electron chi connectivity index (χ2n) is 13.5. The molecule has 3 aliphatic heterocycles. The Morgan fingerprint density at radius 3 is 1.92 bits per heavy atom. The lowest BCUT2D eigenvalue weighted by atomic mass is 9.97. The van der Waals surface area contributed by atoms with Crippen LogP contribution in [0, 0.1) is 0 Å². The third-order valence-electron chi connectivity index (χ3n) is 9.37. The quantitative estimate of drug-likeness (QED) is 0.0930. The zero-order valence-corrected chi connectivity index (χ0v) is 31.2. The first-order chi connectivity index (χ1) is 24.3. The van der Waals surface area contributed by atoms with Crippen LogP contribution in [0.2, 0.25) is 0 Å². The van der Waals surface area contributed by atoms with Crippen LogP contribution in [-0.2, 0) is 47.4 Å². The van der Waals surface area contributed by atoms with E-state index in [-0.39, 0.29) is 25.4 Å². The largest absolute Gasteiger partial charge is 0.394 e. The van der Waals surface area contributed by atoms with Gasteiger partial charge in [0.2, 0.25) is 0 Å². The molecular formula is C37H68O13. The number of ether oxygens (including phenoxy) is 10. The first-order valence-corrected chi connectivity index (χ1v) is 19.2. The summed E-state index contributed by atoms with van der Waals surface area (Å²) in [5, 5.41) is 32.0. The standard InChI is InChI=1S/C37H68O13/c1-7-12-18-41-24-28-32(26(16-22-42-28)48-36-30(40)33(43-17-11-5)29(39)27(23-38)49-36)50-37-35(46-21-15-10-4)34(45-20-14-9-3)31(25(6)47-37)44-19-13-8-2/h11,25-40H,5,7-10,12-24H2,1-4,6H3. The fourth-order valence-corrected chi connectivity index (χ4v) is 6.38. The summed E-state index contributed by atoms with van der Waals surface area (Å²) in [5.74, 6) is 0. The van der Waals surface area contributed by atoms with Gasteiger partial charge in [-0.1, -0.05) is 59.5 Å². The van der Waals surface area contributed by atoms with E-state index >= 15 is 0 Å². The van der Waals surface area contributed by atoms with Crippen LogP contribution in [0.15, 0.2) is 12.7 Å². The van der Waals surface area contributed by atoms with Crippen LogP contribution >= 0.6 is 0 Å². The highest BCUT2D eigenvalue weighted by Crippen LogP contribution is 2.34. The molecule has 13 unspecified atom stereocenters. The Balaban J connectivity index is 1.92. The van der Waals surface area contributed by atoms with Crippen LogP contribution in [0.1, 0.15) is 92.4 Å². The van der Waals surface area contributed by atoms with Gasteiger partial charge in [-0.3, -0.25) is 0 Å². The maximum Gasteiger partial charge on any atom is 0.187 e. The topological polar surface area (TPSA) is 153 Å². The molecule has 0 aromatic heterocycles. The number of rotatable bonds is 25. The van der Waals surface area contributed by atoms with Crippen molar-refractivity contribution < 1.29 is 62.7 Å². The summed E-state index contributed by atoms with van der Waals surface area (Å²) in [7, 11) is 0. The molecule has 3 rings (SSSR count). The average molecular weight is 721 g/mol. The second-order valence-corrected chi connectivity index (χ2v) is 13.5. The molecule has 13 heteroatoms. The third kappa shape index (κ3) is 13.0. The lowest BCUT2D eigenvalue weighted by Crippen LogP contribution is -2.64. The number of unbranched alkanes of at least 4 members (excludes halogenated alkanes) is 4. The first kappa shape index (κ1) is 43.6. The zero-order chi connectivity index (χ0) is 36.3. The smallest absolute Gasteiger partial charge is 0.187 e. The lowest BCUT2D eigenvalue weighted by Gasteiger charge is -2.48. The molecule has 13 nitrogen and oxygen atoms in total. The SMILES string of the molecule is C=CCOC1C(O)C(CO)OC(OC2CCOC(COCCCC)C2OC2OC(C)C(OCCCC)C(OCCCC)C2OCCCC)C1O. The molecule has 3 saturated heterocycles. The molecule has 0 aromatic rings. The van der Waals surface area contributed by atoms with Gasteiger partial charge in [0.1, 0.15) is 54.9 Å². The zero-order valence-electron chi connectivity index (χ0n) is 31.2. The minimum atomic E-state index is -1.36. The summed E-state index contributed by atoms with van der Waals surface area (Å²) in [6.07, 6.45) is -1.02. The fourth-order valence-electron chi connectivity index (χ4n) is 6.38. The van der Waals surface area contributed by atoms with E-state index in [1.807, 2.05) is 6.92 Å². The highest BCUT2D eigenvalue weighted by molar-refractivity contribution is 4.95. The first-order valence-electron chi connectivity index (χ1n) is 19.2. The van der Waals surface area contributed by atoms with Crippen molar-refractivity contribution in [3.8, 4) is 0 Å². The predicted molar refractivity (Wildman–Crippen MR) is 186 cm³/mol. The van der Waals surface area contributed by atoms with Crippen molar-refractivity contribution in [1.82, 2.24) is 0 Å². The molecule has 0 amide bonds. The maximum absolute atomic E-state index is 11.3. The molecule has 3 heterocycles. The fraction of sp³-hybridized carbons (Fsp3) is 0.946. The number of hydrogen-bond donors (Lipinski definition) is 3. The van der Waals surface area contributed by atoms with Crippen molar-refractivity contribution in [3.63, 3.8) is 0 Å². The van der Waals surface area contributed by atoms with E-state index in [4.69, 9.17) is 47.4 Å². The van der Waals surface area contributed by atoms with Crippen molar-refractivity contribution in [1.29, 1.82) is 0 Å². The van der Waals surface area contributed by atoms with Gasteiger partial charge in [0, 0.05) is 33.0 Å². The van der Waals surface area contributed by atoms with Gasteiger partial charge in [-0.15, -0.1) is 6.58 Å². The Labute approximate surface area is 300 Å². The van der Waals surface area contributed by atoms with Gasteiger partial charge in [-0.2, -0.15) is 0 Å². The molecular weight excluding hydrogens is 652 g/mol. The molecule has 13 atom stereocenters. The molecule has 0 bridgehead atoms. The third-order valence-corrected chi connectivity index (χ3v) is 9.37. The number of aliphatic hydroxyl groups is 3. The minimum absolute atomic E-state index is 0.0884. The van der Waals surface area contributed by atoms with Gasteiger partial charge >= 0.3 is 0 Å². The van der Waals surface area contributed by atoms with Crippen LogP contribution < -0.4 is 0 Å². The van der Waals surface area contributed by atoms with Gasteiger partial charge < -0.3 is 62.7 Å². The van der Waals surface area contributed by atoms with E-state index in [1.54, 1.807) is 0 Å². The predicted octanol–water partition coefficient (Wildman–Crippen LogP) is 3.67. The van der Waals surface area contributed by atoms with Crippen LogP contribution in [0.5, 0.6) is 0 Å². The van der Waals surface area contributed by atoms with Crippen LogP contribution in [0.4, 0.5) is 0 Å². The molecule has 3 N–H and O–H groups in total. The van der Waals surface area contributed by atoms with Crippen LogP contribution in [-0.4, -0.2) is 148 Å². The van der Waals surface area contributed by atoms with E-state index < -0.39 is 74.1 Å². The molecule has 0 aromatic carbocycles. The van der Waals surface area contributed by atoms with E-state index in [0.29, 0.717) is 39.5 Å². The van der Waals surface area contributed by atoms with Gasteiger partial charge in [0.15, 0.2) is 12.6 Å². The average Bonchev–Trinajstić information content (AvgIpc) is 3.11. The Morgan fingerprint density at radius 2 is 1.30 bits per heavy atom.